The minimum atomic E-state index is 0.129. The van der Waals surface area contributed by atoms with E-state index in [9.17, 15) is 4.79 Å². The van der Waals surface area contributed by atoms with Gasteiger partial charge in [0.05, 0.1) is 0 Å². The van der Waals surface area contributed by atoms with Crippen molar-refractivity contribution >= 4 is 16.9 Å². The monoisotopic (exact) mass is 250 g/mol. The number of aryl methyl sites for hydroxylation is 1. The van der Waals surface area contributed by atoms with Crippen molar-refractivity contribution in [1.82, 2.24) is 20.6 Å². The van der Waals surface area contributed by atoms with E-state index < -0.39 is 0 Å². The second-order valence-corrected chi connectivity index (χ2v) is 4.50. The third-order valence-corrected chi connectivity index (χ3v) is 2.93. The van der Waals surface area contributed by atoms with Crippen molar-refractivity contribution in [1.29, 1.82) is 0 Å². The van der Waals surface area contributed by atoms with E-state index in [4.69, 9.17) is 0 Å². The summed E-state index contributed by atoms with van der Waals surface area (Å²) in [5.74, 6) is 1.31. The highest BCUT2D eigenvalue weighted by Gasteiger charge is 2.09. The molecule has 7 heteroatoms. The van der Waals surface area contributed by atoms with Crippen LogP contribution in [0.1, 0.15) is 5.82 Å². The second-order valence-electron chi connectivity index (χ2n) is 3.35. The quantitative estimate of drug-likeness (QED) is 0.755. The van der Waals surface area contributed by atoms with Gasteiger partial charge in [0.15, 0.2) is 18.2 Å². The van der Waals surface area contributed by atoms with Crippen LogP contribution in [-0.2, 0) is 17.8 Å². The van der Waals surface area contributed by atoms with E-state index >= 15 is 0 Å². The maximum absolute atomic E-state index is 11.6. The molecule has 0 fully saturated rings. The molecule has 0 atom stereocenters. The maximum atomic E-state index is 11.6. The van der Waals surface area contributed by atoms with Gasteiger partial charge in [0.1, 0.15) is 0 Å². The molecule has 17 heavy (non-hydrogen) atoms. The summed E-state index contributed by atoms with van der Waals surface area (Å²) in [7, 11) is 0. The molecule has 0 unspecified atom stereocenters. The van der Waals surface area contributed by atoms with Gasteiger partial charge in [-0.05, 0) is 0 Å². The van der Waals surface area contributed by atoms with E-state index in [0.29, 0.717) is 24.5 Å². The number of aromatic nitrogens is 5. The fourth-order valence-electron chi connectivity index (χ4n) is 1.28. The standard InChI is InChI=1S/C10H12N5OS/c16-10(8-15-5-2-1-3-6-15)17-7-4-9-11-13-14-12-9/h1-3,5-6H,4,7-8H2,(H,11,12,13,14)/q+1. The van der Waals surface area contributed by atoms with Gasteiger partial charge in [-0.15, -0.1) is 10.2 Å². The first-order chi connectivity index (χ1) is 8.34. The van der Waals surface area contributed by atoms with Gasteiger partial charge < -0.3 is 0 Å². The van der Waals surface area contributed by atoms with Gasteiger partial charge in [-0.25, -0.2) is 0 Å². The van der Waals surface area contributed by atoms with E-state index in [-0.39, 0.29) is 5.12 Å². The molecule has 0 aliphatic heterocycles. The highest BCUT2D eigenvalue weighted by atomic mass is 32.2. The molecule has 0 radical (unpaired) electrons. The number of pyridine rings is 1. The van der Waals surface area contributed by atoms with Crippen LogP contribution in [0, 0.1) is 0 Å². The van der Waals surface area contributed by atoms with Crippen molar-refractivity contribution in [2.75, 3.05) is 5.75 Å². The number of rotatable bonds is 5. The molecular weight excluding hydrogens is 238 g/mol. The van der Waals surface area contributed by atoms with E-state index in [2.05, 4.69) is 20.6 Å². The molecule has 0 aliphatic rings. The summed E-state index contributed by atoms with van der Waals surface area (Å²) in [6.07, 6.45) is 4.39. The SMILES string of the molecule is O=C(C[n+]1ccccc1)SCCc1nn[nH]n1. The number of nitrogens with zero attached hydrogens (tertiary/aromatic N) is 4. The smallest absolute Gasteiger partial charge is 0.253 e. The highest BCUT2D eigenvalue weighted by Crippen LogP contribution is 2.04. The molecule has 2 aromatic heterocycles. The van der Waals surface area contributed by atoms with Gasteiger partial charge in [-0.1, -0.05) is 23.0 Å². The van der Waals surface area contributed by atoms with Crippen molar-refractivity contribution in [2.45, 2.75) is 13.0 Å². The number of H-pyrrole nitrogens is 1. The van der Waals surface area contributed by atoms with Crippen molar-refractivity contribution < 1.29 is 9.36 Å². The molecule has 1 N–H and O–H groups in total. The number of hydrogen-bond acceptors (Lipinski definition) is 5. The van der Waals surface area contributed by atoms with Crippen molar-refractivity contribution in [3.05, 3.63) is 36.4 Å². The van der Waals surface area contributed by atoms with Crippen LogP contribution in [0.5, 0.6) is 0 Å². The fraction of sp³-hybridized carbons (Fsp3) is 0.300. The molecule has 2 heterocycles. The van der Waals surface area contributed by atoms with Crippen LogP contribution in [0.25, 0.3) is 0 Å². The van der Waals surface area contributed by atoms with Crippen LogP contribution in [0.2, 0.25) is 0 Å². The van der Waals surface area contributed by atoms with Crippen molar-refractivity contribution in [2.24, 2.45) is 0 Å². The average Bonchev–Trinajstić information content (AvgIpc) is 2.83. The predicted molar refractivity (Wildman–Crippen MR) is 62.0 cm³/mol. The summed E-state index contributed by atoms with van der Waals surface area (Å²) in [6, 6.07) is 5.72. The zero-order valence-electron chi connectivity index (χ0n) is 9.11. The van der Waals surface area contributed by atoms with Crippen LogP contribution in [0.15, 0.2) is 30.6 Å². The first-order valence-electron chi connectivity index (χ1n) is 5.16. The third-order valence-electron chi connectivity index (χ3n) is 2.07. The van der Waals surface area contributed by atoms with Gasteiger partial charge >= 0.3 is 0 Å². The Morgan fingerprint density at radius 3 is 2.88 bits per heavy atom. The van der Waals surface area contributed by atoms with Gasteiger partial charge in [0.25, 0.3) is 5.12 Å². The summed E-state index contributed by atoms with van der Waals surface area (Å²) in [6.45, 7) is 0.387. The Morgan fingerprint density at radius 2 is 2.18 bits per heavy atom. The molecule has 2 aromatic rings. The summed E-state index contributed by atoms with van der Waals surface area (Å²) in [4.78, 5) is 11.6. The third kappa shape index (κ3) is 3.95. The summed E-state index contributed by atoms with van der Waals surface area (Å²) in [5.41, 5.74) is 0. The molecule has 0 saturated heterocycles. The normalized spacial score (nSPS) is 10.4. The van der Waals surface area contributed by atoms with Gasteiger partial charge in [-0.3, -0.25) is 4.79 Å². The van der Waals surface area contributed by atoms with Gasteiger partial charge in [0.2, 0.25) is 6.54 Å². The predicted octanol–water partition coefficient (Wildman–Crippen LogP) is -0.0103. The summed E-state index contributed by atoms with van der Waals surface area (Å²) < 4.78 is 1.85. The van der Waals surface area contributed by atoms with Crippen molar-refractivity contribution in [3.63, 3.8) is 0 Å². The number of hydrogen-bond donors (Lipinski definition) is 1. The highest BCUT2D eigenvalue weighted by molar-refractivity contribution is 8.13. The Bertz CT molecular complexity index is 459. The summed E-state index contributed by atoms with van der Waals surface area (Å²) >= 11 is 1.29. The first-order valence-corrected chi connectivity index (χ1v) is 6.15. The van der Waals surface area contributed by atoms with Crippen LogP contribution in [0.3, 0.4) is 0 Å². The molecule has 0 saturated carbocycles. The molecular formula is C10H12N5OS+. The lowest BCUT2D eigenvalue weighted by Crippen LogP contribution is -2.35. The Balaban J connectivity index is 1.71. The van der Waals surface area contributed by atoms with E-state index in [0.717, 1.165) is 0 Å². The number of nitrogens with one attached hydrogen (secondary N) is 1. The first kappa shape index (κ1) is 11.7. The Morgan fingerprint density at radius 1 is 1.35 bits per heavy atom. The van der Waals surface area contributed by atoms with Crippen LogP contribution < -0.4 is 4.57 Å². The Labute approximate surface area is 102 Å². The van der Waals surface area contributed by atoms with E-state index in [1.807, 2.05) is 35.2 Å². The molecule has 0 aromatic carbocycles. The number of carbonyl (C=O) groups is 1. The van der Waals surface area contributed by atoms with Crippen LogP contribution in [0.4, 0.5) is 0 Å². The minimum absolute atomic E-state index is 0.129. The molecule has 0 spiro atoms. The van der Waals surface area contributed by atoms with E-state index in [1.165, 1.54) is 11.8 Å². The topological polar surface area (TPSA) is 75.4 Å². The number of tetrazole rings is 1. The van der Waals surface area contributed by atoms with Crippen LogP contribution in [-0.4, -0.2) is 31.5 Å². The Hall–Kier alpha value is -1.76. The Kier molecular flexibility index (Phi) is 4.20. The largest absolute Gasteiger partial charge is 0.280 e. The van der Waals surface area contributed by atoms with Gasteiger partial charge in [0, 0.05) is 24.3 Å². The maximum Gasteiger partial charge on any atom is 0.253 e. The number of thioether (sulfide) groups is 1. The lowest BCUT2D eigenvalue weighted by atomic mass is 10.5. The molecule has 0 bridgehead atoms. The fourth-order valence-corrected chi connectivity index (χ4v) is 2.03. The van der Waals surface area contributed by atoms with Gasteiger partial charge in [-0.2, -0.15) is 9.78 Å². The number of carbonyl (C=O) groups excluding carboxylic acids is 1. The summed E-state index contributed by atoms with van der Waals surface area (Å²) in [5, 5.41) is 13.6. The lowest BCUT2D eigenvalue weighted by Gasteiger charge is -1.96. The minimum Gasteiger partial charge on any atom is -0.280 e. The van der Waals surface area contributed by atoms with E-state index in [1.54, 1.807) is 0 Å². The lowest BCUT2D eigenvalue weighted by molar-refractivity contribution is -0.683. The number of aromatic amines is 1. The second kappa shape index (κ2) is 6.09. The zero-order valence-corrected chi connectivity index (χ0v) is 9.93. The molecule has 2 rings (SSSR count). The molecule has 0 amide bonds. The van der Waals surface area contributed by atoms with Crippen LogP contribution >= 0.6 is 11.8 Å². The molecule has 88 valence electrons. The molecule has 0 aliphatic carbocycles. The van der Waals surface area contributed by atoms with Crippen molar-refractivity contribution in [3.8, 4) is 0 Å². The average molecular weight is 250 g/mol. The molecule has 6 nitrogen and oxygen atoms in total. The zero-order chi connectivity index (χ0) is 11.9.